The van der Waals surface area contributed by atoms with Gasteiger partial charge in [-0.1, -0.05) is 33.6 Å². The standard InChI is InChI=1S/C19H21BrN2S/c1-13-4-7-18(17(10-13)19-21-8-3-9-22-19)23-12-15-11-16(20)6-5-14(15)2/h4-7,10-11H,3,8-9,12H2,1-2H3,(H,21,22). The van der Waals surface area contributed by atoms with Crippen molar-refractivity contribution in [2.45, 2.75) is 30.9 Å². The van der Waals surface area contributed by atoms with E-state index < -0.39 is 0 Å². The molecule has 0 atom stereocenters. The van der Waals surface area contributed by atoms with Gasteiger partial charge in [0.2, 0.25) is 0 Å². The first-order valence-electron chi connectivity index (χ1n) is 7.90. The number of thioether (sulfide) groups is 1. The van der Waals surface area contributed by atoms with Crippen LogP contribution < -0.4 is 5.32 Å². The molecule has 120 valence electrons. The van der Waals surface area contributed by atoms with Crippen molar-refractivity contribution < 1.29 is 0 Å². The van der Waals surface area contributed by atoms with Gasteiger partial charge in [0.15, 0.2) is 0 Å². The van der Waals surface area contributed by atoms with Gasteiger partial charge in [0, 0.05) is 33.8 Å². The topological polar surface area (TPSA) is 24.4 Å². The first kappa shape index (κ1) is 16.6. The van der Waals surface area contributed by atoms with E-state index in [2.05, 4.69) is 76.5 Å². The third kappa shape index (κ3) is 4.18. The molecule has 2 nitrogen and oxygen atoms in total. The fourth-order valence-electron chi connectivity index (χ4n) is 2.62. The number of benzene rings is 2. The minimum absolute atomic E-state index is 0.922. The van der Waals surface area contributed by atoms with Gasteiger partial charge in [0.25, 0.3) is 0 Å². The van der Waals surface area contributed by atoms with Crippen molar-refractivity contribution >= 4 is 33.5 Å². The molecule has 0 aliphatic carbocycles. The van der Waals surface area contributed by atoms with Gasteiger partial charge in [0.1, 0.15) is 5.84 Å². The molecule has 0 unspecified atom stereocenters. The highest BCUT2D eigenvalue weighted by molar-refractivity contribution is 9.10. The molecule has 0 radical (unpaired) electrons. The van der Waals surface area contributed by atoms with Crippen molar-refractivity contribution in [3.63, 3.8) is 0 Å². The molecule has 4 heteroatoms. The molecule has 0 fully saturated rings. The minimum atomic E-state index is 0.922. The van der Waals surface area contributed by atoms with Crippen molar-refractivity contribution in [3.05, 3.63) is 63.1 Å². The summed E-state index contributed by atoms with van der Waals surface area (Å²) >= 11 is 5.45. The van der Waals surface area contributed by atoms with Crippen molar-refractivity contribution in [2.24, 2.45) is 4.99 Å². The van der Waals surface area contributed by atoms with Gasteiger partial charge < -0.3 is 5.32 Å². The van der Waals surface area contributed by atoms with Crippen LogP contribution >= 0.6 is 27.7 Å². The Morgan fingerprint density at radius 1 is 1.17 bits per heavy atom. The van der Waals surface area contributed by atoms with E-state index in [1.54, 1.807) is 0 Å². The molecular weight excluding hydrogens is 368 g/mol. The zero-order chi connectivity index (χ0) is 16.2. The summed E-state index contributed by atoms with van der Waals surface area (Å²) in [5.74, 6) is 2.02. The van der Waals surface area contributed by atoms with E-state index in [1.165, 1.54) is 27.1 Å². The van der Waals surface area contributed by atoms with Crippen molar-refractivity contribution in [2.75, 3.05) is 13.1 Å². The van der Waals surface area contributed by atoms with Gasteiger partial charge in [-0.05, 0) is 55.7 Å². The van der Waals surface area contributed by atoms with Gasteiger partial charge >= 0.3 is 0 Å². The molecule has 0 bridgehead atoms. The van der Waals surface area contributed by atoms with Gasteiger partial charge in [-0.15, -0.1) is 11.8 Å². The summed E-state index contributed by atoms with van der Waals surface area (Å²) in [7, 11) is 0. The number of aryl methyl sites for hydroxylation is 2. The minimum Gasteiger partial charge on any atom is -0.370 e. The van der Waals surface area contributed by atoms with Crippen LogP contribution in [0.1, 0.15) is 28.7 Å². The Balaban J connectivity index is 1.85. The number of halogens is 1. The molecule has 0 saturated carbocycles. The Morgan fingerprint density at radius 2 is 2.04 bits per heavy atom. The lowest BCUT2D eigenvalue weighted by molar-refractivity contribution is 0.741. The number of hydrogen-bond donors (Lipinski definition) is 1. The molecule has 1 aliphatic rings. The largest absolute Gasteiger partial charge is 0.370 e. The van der Waals surface area contributed by atoms with Crippen LogP contribution in [0.3, 0.4) is 0 Å². The second-order valence-corrected chi connectivity index (χ2v) is 7.80. The summed E-state index contributed by atoms with van der Waals surface area (Å²) < 4.78 is 1.14. The van der Waals surface area contributed by atoms with E-state index >= 15 is 0 Å². The molecule has 2 aromatic carbocycles. The van der Waals surface area contributed by atoms with Crippen LogP contribution in [0.15, 0.2) is 50.8 Å². The van der Waals surface area contributed by atoms with Crippen molar-refractivity contribution in [3.8, 4) is 0 Å². The number of nitrogens with zero attached hydrogens (tertiary/aromatic N) is 1. The molecule has 0 amide bonds. The quantitative estimate of drug-likeness (QED) is 0.736. The molecule has 0 spiro atoms. The fourth-order valence-corrected chi connectivity index (χ4v) is 4.12. The average molecular weight is 389 g/mol. The predicted octanol–water partition coefficient (Wildman–Crippen LogP) is 5.10. The smallest absolute Gasteiger partial charge is 0.129 e. The van der Waals surface area contributed by atoms with Gasteiger partial charge in [0.05, 0.1) is 0 Å². The average Bonchev–Trinajstić information content (AvgIpc) is 2.57. The second kappa shape index (κ2) is 7.54. The zero-order valence-electron chi connectivity index (χ0n) is 13.5. The van der Waals surface area contributed by atoms with Crippen LogP contribution in [0, 0.1) is 13.8 Å². The molecule has 0 saturated heterocycles. The summed E-state index contributed by atoms with van der Waals surface area (Å²) in [6, 6.07) is 13.1. The fraction of sp³-hybridized carbons (Fsp3) is 0.316. The summed E-state index contributed by atoms with van der Waals surface area (Å²) in [5, 5.41) is 3.45. The molecule has 1 N–H and O–H groups in total. The Labute approximate surface area is 150 Å². The lowest BCUT2D eigenvalue weighted by Crippen LogP contribution is -2.30. The van der Waals surface area contributed by atoms with E-state index in [9.17, 15) is 0 Å². The molecule has 3 rings (SSSR count). The lowest BCUT2D eigenvalue weighted by atomic mass is 10.1. The molecule has 23 heavy (non-hydrogen) atoms. The normalized spacial score (nSPS) is 14.3. The monoisotopic (exact) mass is 388 g/mol. The second-order valence-electron chi connectivity index (χ2n) is 5.87. The molecule has 1 aliphatic heterocycles. The lowest BCUT2D eigenvalue weighted by Gasteiger charge is -2.18. The highest BCUT2D eigenvalue weighted by Crippen LogP contribution is 2.30. The SMILES string of the molecule is Cc1ccc(SCc2cc(Br)ccc2C)c(C2=NCCCN2)c1. The van der Waals surface area contributed by atoms with E-state index in [4.69, 9.17) is 0 Å². The highest BCUT2D eigenvalue weighted by Gasteiger charge is 2.13. The Bertz CT molecular complexity index is 740. The van der Waals surface area contributed by atoms with Crippen LogP contribution in [-0.2, 0) is 5.75 Å². The third-order valence-electron chi connectivity index (χ3n) is 3.98. The van der Waals surface area contributed by atoms with Crippen LogP contribution in [-0.4, -0.2) is 18.9 Å². The first-order chi connectivity index (χ1) is 11.1. The highest BCUT2D eigenvalue weighted by atomic mass is 79.9. The number of aliphatic imine (C=N–C) groups is 1. The van der Waals surface area contributed by atoms with Crippen LogP contribution in [0.5, 0.6) is 0 Å². The number of hydrogen-bond acceptors (Lipinski definition) is 3. The van der Waals surface area contributed by atoms with Gasteiger partial charge in [-0.2, -0.15) is 0 Å². The van der Waals surface area contributed by atoms with E-state index in [-0.39, 0.29) is 0 Å². The summed E-state index contributed by atoms with van der Waals surface area (Å²) in [6.45, 7) is 6.25. The maximum absolute atomic E-state index is 4.67. The molecule has 2 aromatic rings. The zero-order valence-corrected chi connectivity index (χ0v) is 15.9. The number of nitrogens with one attached hydrogen (secondary N) is 1. The van der Waals surface area contributed by atoms with Crippen molar-refractivity contribution in [1.29, 1.82) is 0 Å². The number of amidine groups is 1. The van der Waals surface area contributed by atoms with Crippen LogP contribution in [0.2, 0.25) is 0 Å². The Kier molecular flexibility index (Phi) is 5.44. The van der Waals surface area contributed by atoms with Crippen LogP contribution in [0.4, 0.5) is 0 Å². The third-order valence-corrected chi connectivity index (χ3v) is 5.60. The molecular formula is C19H21BrN2S. The molecule has 1 heterocycles. The predicted molar refractivity (Wildman–Crippen MR) is 104 cm³/mol. The van der Waals surface area contributed by atoms with Crippen molar-refractivity contribution in [1.82, 2.24) is 5.32 Å². The molecule has 0 aromatic heterocycles. The van der Waals surface area contributed by atoms with E-state index in [0.29, 0.717) is 0 Å². The maximum atomic E-state index is 4.67. The summed E-state index contributed by atoms with van der Waals surface area (Å²) in [6.07, 6.45) is 1.12. The van der Waals surface area contributed by atoms with Crippen LogP contribution in [0.25, 0.3) is 0 Å². The summed E-state index contributed by atoms with van der Waals surface area (Å²) in [5.41, 5.74) is 5.22. The Hall–Kier alpha value is -1.26. The van der Waals surface area contributed by atoms with Gasteiger partial charge in [-0.3, -0.25) is 4.99 Å². The van der Waals surface area contributed by atoms with Gasteiger partial charge in [-0.25, -0.2) is 0 Å². The number of rotatable bonds is 4. The Morgan fingerprint density at radius 3 is 2.83 bits per heavy atom. The van der Waals surface area contributed by atoms with E-state index in [1.807, 2.05) is 11.8 Å². The summed E-state index contributed by atoms with van der Waals surface area (Å²) in [4.78, 5) is 5.97. The first-order valence-corrected chi connectivity index (χ1v) is 9.68. The van der Waals surface area contributed by atoms with E-state index in [0.717, 1.165) is 35.6 Å². The maximum Gasteiger partial charge on any atom is 0.129 e.